The van der Waals surface area contributed by atoms with Crippen LogP contribution in [0, 0.1) is 0 Å². The van der Waals surface area contributed by atoms with Gasteiger partial charge in [-0.1, -0.05) is 0 Å². The number of pyridine rings is 1. The molecular formula is C16H14N4O. The highest BCUT2D eigenvalue weighted by molar-refractivity contribution is 5.94. The number of aliphatic imine (C=N–C) groups is 1. The van der Waals surface area contributed by atoms with E-state index in [0.29, 0.717) is 5.56 Å². The van der Waals surface area contributed by atoms with E-state index < -0.39 is 0 Å². The number of carbonyl (C=O) groups is 1. The summed E-state index contributed by atoms with van der Waals surface area (Å²) < 4.78 is 1.83. The van der Waals surface area contributed by atoms with E-state index in [1.54, 1.807) is 24.5 Å². The van der Waals surface area contributed by atoms with Crippen LogP contribution in [0.2, 0.25) is 0 Å². The van der Waals surface area contributed by atoms with Gasteiger partial charge in [-0.3, -0.25) is 4.79 Å². The Morgan fingerprint density at radius 2 is 2.19 bits per heavy atom. The predicted octanol–water partition coefficient (Wildman–Crippen LogP) is 2.21. The summed E-state index contributed by atoms with van der Waals surface area (Å²) in [5, 5.41) is 2.87. The number of hydrogen-bond donors (Lipinski definition) is 1. The third kappa shape index (κ3) is 2.70. The van der Waals surface area contributed by atoms with Crippen LogP contribution in [0.4, 0.5) is 0 Å². The van der Waals surface area contributed by atoms with Crippen LogP contribution in [0.15, 0.2) is 47.5 Å². The van der Waals surface area contributed by atoms with Gasteiger partial charge in [-0.05, 0) is 31.7 Å². The van der Waals surface area contributed by atoms with E-state index >= 15 is 0 Å². The van der Waals surface area contributed by atoms with Gasteiger partial charge in [-0.2, -0.15) is 0 Å². The molecule has 0 fully saturated rings. The van der Waals surface area contributed by atoms with Gasteiger partial charge in [0.05, 0.1) is 11.3 Å². The van der Waals surface area contributed by atoms with Crippen LogP contribution < -0.4 is 5.32 Å². The van der Waals surface area contributed by atoms with E-state index in [4.69, 9.17) is 0 Å². The molecule has 1 amide bonds. The van der Waals surface area contributed by atoms with Gasteiger partial charge in [0.15, 0.2) is 0 Å². The number of fused-ring (bicyclic) bond motifs is 1. The summed E-state index contributed by atoms with van der Waals surface area (Å²) >= 11 is 0. The fourth-order valence-corrected chi connectivity index (χ4v) is 2.04. The topological polar surface area (TPSA) is 58.8 Å². The first kappa shape index (κ1) is 13.1. The fourth-order valence-electron chi connectivity index (χ4n) is 2.04. The van der Waals surface area contributed by atoms with Crippen LogP contribution in [-0.4, -0.2) is 27.2 Å². The van der Waals surface area contributed by atoms with Gasteiger partial charge in [0.25, 0.3) is 5.91 Å². The number of carbonyl (C=O) groups excluding carboxylic acids is 1. The van der Waals surface area contributed by atoms with Crippen molar-refractivity contribution in [1.29, 1.82) is 0 Å². The number of imidazole rings is 1. The van der Waals surface area contributed by atoms with Crippen LogP contribution in [0.25, 0.3) is 11.2 Å². The second-order valence-electron chi connectivity index (χ2n) is 5.05. The molecule has 0 saturated heterocycles. The number of aromatic nitrogens is 2. The van der Waals surface area contributed by atoms with Crippen molar-refractivity contribution < 1.29 is 4.79 Å². The average molecular weight is 278 g/mol. The Morgan fingerprint density at radius 1 is 1.33 bits per heavy atom. The Balaban J connectivity index is 1.96. The maximum atomic E-state index is 12.0. The van der Waals surface area contributed by atoms with Gasteiger partial charge < -0.3 is 9.72 Å². The number of hydrogen-bond acceptors (Lipinski definition) is 3. The Hall–Kier alpha value is -2.87. The van der Waals surface area contributed by atoms with Gasteiger partial charge in [0.2, 0.25) is 0 Å². The number of amides is 1. The van der Waals surface area contributed by atoms with E-state index in [0.717, 1.165) is 16.9 Å². The predicted molar refractivity (Wildman–Crippen MR) is 81.3 cm³/mol. The molecule has 0 aliphatic carbocycles. The van der Waals surface area contributed by atoms with Crippen molar-refractivity contribution in [2.75, 3.05) is 0 Å². The largest absolute Gasteiger partial charge is 0.350 e. The standard InChI is InChI=1S/C16H14N4O/c1-11(2)18-16(21)13-5-6-15-19-14(10-20(15)9-13)12-4-3-7-17-8-12/h4-6,8-11H,1-2H3,(H,18,21). The number of nitrogens with zero attached hydrogens (tertiary/aromatic N) is 3. The third-order valence-electron chi connectivity index (χ3n) is 2.99. The molecule has 0 bridgehead atoms. The highest BCUT2D eigenvalue weighted by atomic mass is 16.1. The van der Waals surface area contributed by atoms with Crippen molar-refractivity contribution in [2.24, 2.45) is 4.99 Å². The van der Waals surface area contributed by atoms with Gasteiger partial charge in [-0.15, -0.1) is 0 Å². The van der Waals surface area contributed by atoms with Crippen LogP contribution in [0.5, 0.6) is 0 Å². The third-order valence-corrected chi connectivity index (χ3v) is 2.99. The zero-order valence-corrected chi connectivity index (χ0v) is 11.8. The molecule has 3 rings (SSSR count). The van der Waals surface area contributed by atoms with E-state index in [2.05, 4.69) is 26.9 Å². The monoisotopic (exact) mass is 278 g/mol. The molecule has 2 aromatic heterocycles. The van der Waals surface area contributed by atoms with Gasteiger partial charge in [-0.25, -0.2) is 9.98 Å². The second kappa shape index (κ2) is 5.25. The highest BCUT2D eigenvalue weighted by Crippen LogP contribution is 2.17. The molecule has 2 aromatic rings. The summed E-state index contributed by atoms with van der Waals surface area (Å²) in [6, 6.07) is 3.70. The molecule has 104 valence electrons. The van der Waals surface area contributed by atoms with Crippen LogP contribution in [-0.2, 0) is 0 Å². The maximum Gasteiger partial charge on any atom is 0.252 e. The SMILES string of the molecule is CC(C)NC(=O)c1ccc2nc(C3=CN=C=C=C3)cn2c1. The first-order valence-corrected chi connectivity index (χ1v) is 6.67. The van der Waals surface area contributed by atoms with Gasteiger partial charge >= 0.3 is 0 Å². The van der Waals surface area contributed by atoms with E-state index in [-0.39, 0.29) is 11.9 Å². The van der Waals surface area contributed by atoms with Crippen molar-refractivity contribution in [3.05, 3.63) is 53.8 Å². The lowest BCUT2D eigenvalue weighted by molar-refractivity contribution is 0.0942. The Labute approximate surface area is 122 Å². The normalized spacial score (nSPS) is 13.0. The average Bonchev–Trinajstić information content (AvgIpc) is 2.90. The molecule has 0 saturated carbocycles. The summed E-state index contributed by atoms with van der Waals surface area (Å²) in [4.78, 5) is 20.4. The molecule has 1 N–H and O–H groups in total. The number of nitrogens with one attached hydrogen (secondary N) is 1. The van der Waals surface area contributed by atoms with Crippen molar-refractivity contribution in [1.82, 2.24) is 14.7 Å². The minimum absolute atomic E-state index is 0.0912. The van der Waals surface area contributed by atoms with Crippen molar-refractivity contribution >= 4 is 23.0 Å². The van der Waals surface area contributed by atoms with Gasteiger partial charge in [0, 0.05) is 42.2 Å². The van der Waals surface area contributed by atoms with Crippen molar-refractivity contribution in [2.45, 2.75) is 19.9 Å². The van der Waals surface area contributed by atoms with Crippen LogP contribution in [0.3, 0.4) is 0 Å². The molecule has 3 heterocycles. The summed E-state index contributed by atoms with van der Waals surface area (Å²) in [5.74, 6) is 2.52. The lowest BCUT2D eigenvalue weighted by Gasteiger charge is -2.08. The number of allylic oxidation sites excluding steroid dienone is 2. The molecule has 5 nitrogen and oxygen atoms in total. The van der Waals surface area contributed by atoms with E-state index in [9.17, 15) is 4.79 Å². The zero-order valence-electron chi connectivity index (χ0n) is 11.8. The summed E-state index contributed by atoms with van der Waals surface area (Å²) in [5.41, 5.74) is 5.84. The quantitative estimate of drug-likeness (QED) is 0.875. The Kier molecular flexibility index (Phi) is 3.28. The molecule has 1 aliphatic heterocycles. The molecule has 0 radical (unpaired) electrons. The van der Waals surface area contributed by atoms with Crippen LogP contribution >= 0.6 is 0 Å². The van der Waals surface area contributed by atoms with Crippen molar-refractivity contribution in [3.8, 4) is 0 Å². The maximum absolute atomic E-state index is 12.0. The molecule has 0 spiro atoms. The minimum Gasteiger partial charge on any atom is -0.350 e. The summed E-state index contributed by atoms with van der Waals surface area (Å²) in [6.07, 6.45) is 7.11. The minimum atomic E-state index is -0.0912. The fraction of sp³-hybridized carbons (Fsp3) is 0.188. The smallest absolute Gasteiger partial charge is 0.252 e. The first-order valence-electron chi connectivity index (χ1n) is 6.67. The molecule has 1 aliphatic rings. The zero-order chi connectivity index (χ0) is 14.8. The number of rotatable bonds is 3. The first-order chi connectivity index (χ1) is 10.1. The lowest BCUT2D eigenvalue weighted by Crippen LogP contribution is -2.30. The molecule has 0 unspecified atom stereocenters. The van der Waals surface area contributed by atoms with Gasteiger partial charge in [0.1, 0.15) is 5.65 Å². The van der Waals surface area contributed by atoms with Crippen LogP contribution in [0.1, 0.15) is 29.9 Å². The molecule has 5 heteroatoms. The van der Waals surface area contributed by atoms with E-state index in [1.165, 1.54) is 0 Å². The Morgan fingerprint density at radius 3 is 2.90 bits per heavy atom. The van der Waals surface area contributed by atoms with Crippen molar-refractivity contribution in [3.63, 3.8) is 0 Å². The lowest BCUT2D eigenvalue weighted by atomic mass is 10.2. The highest BCUT2D eigenvalue weighted by Gasteiger charge is 2.10. The summed E-state index contributed by atoms with van der Waals surface area (Å²) in [6.45, 7) is 3.86. The van der Waals surface area contributed by atoms with E-state index in [1.807, 2.05) is 30.5 Å². The second-order valence-corrected chi connectivity index (χ2v) is 5.05. The molecular weight excluding hydrogens is 264 g/mol. The summed E-state index contributed by atoms with van der Waals surface area (Å²) in [7, 11) is 0. The molecule has 0 atom stereocenters. The molecule has 21 heavy (non-hydrogen) atoms. The Bertz CT molecular complexity index is 844. The molecule has 0 aromatic carbocycles.